The van der Waals surface area contributed by atoms with Crippen LogP contribution >= 0.6 is 11.3 Å². The summed E-state index contributed by atoms with van der Waals surface area (Å²) < 4.78 is 6.67. The van der Waals surface area contributed by atoms with Gasteiger partial charge in [0.25, 0.3) is 0 Å². The molecule has 0 fully saturated rings. The van der Waals surface area contributed by atoms with Gasteiger partial charge < -0.3 is 9.73 Å². The summed E-state index contributed by atoms with van der Waals surface area (Å²) in [6, 6.07) is 18.4. The fourth-order valence-corrected chi connectivity index (χ4v) is 3.87. The molecule has 1 amide bonds. The second-order valence-corrected chi connectivity index (χ2v) is 7.47. The molecule has 4 aromatic rings. The molecule has 2 aromatic heterocycles. The van der Waals surface area contributed by atoms with Crippen LogP contribution in [0.4, 0.5) is 0 Å². The predicted molar refractivity (Wildman–Crippen MR) is 109 cm³/mol. The molecule has 144 valence electrons. The van der Waals surface area contributed by atoms with Crippen LogP contribution in [0, 0.1) is 11.3 Å². The van der Waals surface area contributed by atoms with Gasteiger partial charge in [0.2, 0.25) is 17.7 Å². The Balaban J connectivity index is 1.44. The summed E-state index contributed by atoms with van der Waals surface area (Å²) >= 11 is 1.59. The summed E-state index contributed by atoms with van der Waals surface area (Å²) in [6.45, 7) is 0.313. The third-order valence-electron chi connectivity index (χ3n) is 4.22. The molecular weight excluding hydrogens is 386 g/mol. The fraction of sp³-hybridized carbons (Fsp3) is 0.190. The number of aromatic nitrogens is 3. The zero-order chi connectivity index (χ0) is 20.1. The Hall–Kier alpha value is -3.57. The highest BCUT2D eigenvalue weighted by atomic mass is 32.1. The number of fused-ring (bicyclic) bond motifs is 1. The van der Waals surface area contributed by atoms with Crippen LogP contribution in [0.1, 0.15) is 23.2 Å². The summed E-state index contributed by atoms with van der Waals surface area (Å²) in [4.78, 5) is 16.4. The smallest absolute Gasteiger partial charge is 0.229 e. The lowest BCUT2D eigenvalue weighted by Crippen LogP contribution is -2.25. The molecule has 0 unspecified atom stereocenters. The lowest BCUT2D eigenvalue weighted by molar-refractivity contribution is -0.120. The highest BCUT2D eigenvalue weighted by molar-refractivity contribution is 7.18. The molecule has 0 saturated heterocycles. The zero-order valence-electron chi connectivity index (χ0n) is 15.5. The first-order valence-electron chi connectivity index (χ1n) is 9.11. The molecule has 0 aliphatic heterocycles. The number of hydrogen-bond acceptors (Lipinski definition) is 7. The lowest BCUT2D eigenvalue weighted by atomic mass is 10.1. The molecular formula is C21H17N5O2S. The maximum absolute atomic E-state index is 11.8. The van der Waals surface area contributed by atoms with Crippen molar-refractivity contribution in [2.75, 3.05) is 6.54 Å². The Kier molecular flexibility index (Phi) is 5.59. The number of nitrogens with zero attached hydrogens (tertiary/aromatic N) is 4. The van der Waals surface area contributed by atoms with Crippen LogP contribution in [-0.2, 0) is 17.6 Å². The van der Waals surface area contributed by atoms with Gasteiger partial charge in [0.1, 0.15) is 11.4 Å². The molecule has 0 aliphatic carbocycles. The number of carbonyl (C=O) groups is 1. The molecule has 0 spiro atoms. The zero-order valence-corrected chi connectivity index (χ0v) is 16.3. The molecule has 0 atom stereocenters. The van der Waals surface area contributed by atoms with E-state index in [0.717, 1.165) is 20.8 Å². The average molecular weight is 403 g/mol. The maximum atomic E-state index is 11.8. The van der Waals surface area contributed by atoms with Crippen LogP contribution in [0.25, 0.3) is 21.3 Å². The highest BCUT2D eigenvalue weighted by Crippen LogP contribution is 2.29. The fourth-order valence-electron chi connectivity index (χ4n) is 2.88. The van der Waals surface area contributed by atoms with Gasteiger partial charge in [-0.1, -0.05) is 36.4 Å². The Morgan fingerprint density at radius 3 is 2.76 bits per heavy atom. The molecule has 0 radical (unpaired) electrons. The third kappa shape index (κ3) is 4.65. The summed E-state index contributed by atoms with van der Waals surface area (Å²) in [7, 11) is 0. The molecule has 7 nitrogen and oxygen atoms in total. The van der Waals surface area contributed by atoms with Crippen LogP contribution in [0.3, 0.4) is 0 Å². The highest BCUT2D eigenvalue weighted by Gasteiger charge is 2.13. The first-order chi connectivity index (χ1) is 14.2. The molecule has 0 saturated carbocycles. The number of amides is 1. The van der Waals surface area contributed by atoms with Crippen LogP contribution in [0.15, 0.2) is 52.9 Å². The Morgan fingerprint density at radius 2 is 1.93 bits per heavy atom. The second kappa shape index (κ2) is 8.63. The van der Waals surface area contributed by atoms with Gasteiger partial charge in [-0.05, 0) is 23.3 Å². The quantitative estimate of drug-likeness (QED) is 0.474. The molecule has 2 heterocycles. The molecule has 29 heavy (non-hydrogen) atoms. The SMILES string of the molecule is N#CCCNC(=O)Cc1nnc(Cc2nc3ccc(-c4ccccc4)cc3s2)o1. The van der Waals surface area contributed by atoms with E-state index in [4.69, 9.17) is 9.68 Å². The van der Waals surface area contributed by atoms with Crippen molar-refractivity contribution in [3.63, 3.8) is 0 Å². The largest absolute Gasteiger partial charge is 0.424 e. The van der Waals surface area contributed by atoms with Crippen molar-refractivity contribution in [1.29, 1.82) is 5.26 Å². The van der Waals surface area contributed by atoms with E-state index in [1.807, 2.05) is 30.3 Å². The lowest BCUT2D eigenvalue weighted by Gasteiger charge is -2.00. The first-order valence-corrected chi connectivity index (χ1v) is 9.93. The first kappa shape index (κ1) is 18.8. The van der Waals surface area contributed by atoms with E-state index in [1.165, 1.54) is 5.56 Å². The van der Waals surface area contributed by atoms with Crippen molar-refractivity contribution in [3.05, 3.63) is 65.3 Å². The minimum atomic E-state index is -0.246. The topological polar surface area (TPSA) is 105 Å². The van der Waals surface area contributed by atoms with Gasteiger partial charge in [0.15, 0.2) is 0 Å². The van der Waals surface area contributed by atoms with Crippen molar-refractivity contribution in [2.45, 2.75) is 19.3 Å². The van der Waals surface area contributed by atoms with Crippen LogP contribution in [0.2, 0.25) is 0 Å². The Labute approximate surface area is 171 Å². The summed E-state index contributed by atoms with van der Waals surface area (Å²) in [5, 5.41) is 19.9. The number of nitriles is 1. The van der Waals surface area contributed by atoms with E-state index >= 15 is 0 Å². The molecule has 0 bridgehead atoms. The minimum absolute atomic E-state index is 0.00128. The van der Waals surface area contributed by atoms with E-state index in [0.29, 0.717) is 18.9 Å². The van der Waals surface area contributed by atoms with Gasteiger partial charge in [-0.2, -0.15) is 5.26 Å². The third-order valence-corrected chi connectivity index (χ3v) is 5.24. The Morgan fingerprint density at radius 1 is 1.10 bits per heavy atom. The van der Waals surface area contributed by atoms with Gasteiger partial charge >= 0.3 is 0 Å². The monoisotopic (exact) mass is 403 g/mol. The van der Waals surface area contributed by atoms with Gasteiger partial charge in [0, 0.05) is 6.54 Å². The maximum Gasteiger partial charge on any atom is 0.229 e. The van der Waals surface area contributed by atoms with Crippen molar-refractivity contribution < 1.29 is 9.21 Å². The van der Waals surface area contributed by atoms with E-state index in [2.05, 4.69) is 44.8 Å². The van der Waals surface area contributed by atoms with Crippen molar-refractivity contribution in [3.8, 4) is 17.2 Å². The second-order valence-electron chi connectivity index (χ2n) is 6.36. The van der Waals surface area contributed by atoms with Crippen LogP contribution < -0.4 is 5.32 Å². The van der Waals surface area contributed by atoms with E-state index in [-0.39, 0.29) is 24.6 Å². The Bertz CT molecular complexity index is 1180. The summed E-state index contributed by atoms with van der Waals surface area (Å²) in [6.07, 6.45) is 0.687. The van der Waals surface area contributed by atoms with Crippen molar-refractivity contribution in [1.82, 2.24) is 20.5 Å². The molecule has 1 N–H and O–H groups in total. The number of thiazole rings is 1. The standard InChI is InChI=1S/C21H17N5O2S/c22-9-4-10-23-18(27)12-19-25-26-20(28-19)13-21-24-16-8-7-15(11-17(16)29-21)14-5-2-1-3-6-14/h1-3,5-8,11H,4,10,12-13H2,(H,23,27). The summed E-state index contributed by atoms with van der Waals surface area (Å²) in [5.74, 6) is 0.429. The average Bonchev–Trinajstić information content (AvgIpc) is 3.34. The molecule has 0 aliphatic rings. The molecule has 2 aromatic carbocycles. The number of rotatable bonds is 7. The van der Waals surface area contributed by atoms with Gasteiger partial charge in [0.05, 0.1) is 29.1 Å². The van der Waals surface area contributed by atoms with E-state index < -0.39 is 0 Å². The van der Waals surface area contributed by atoms with Crippen LogP contribution in [-0.4, -0.2) is 27.6 Å². The number of carbonyl (C=O) groups excluding carboxylic acids is 1. The number of benzene rings is 2. The van der Waals surface area contributed by atoms with Crippen molar-refractivity contribution >= 4 is 27.5 Å². The number of nitrogens with one attached hydrogen (secondary N) is 1. The minimum Gasteiger partial charge on any atom is -0.424 e. The van der Waals surface area contributed by atoms with Gasteiger partial charge in [-0.15, -0.1) is 21.5 Å². The molecule has 8 heteroatoms. The van der Waals surface area contributed by atoms with Crippen molar-refractivity contribution in [2.24, 2.45) is 0 Å². The van der Waals surface area contributed by atoms with E-state index in [1.54, 1.807) is 11.3 Å². The summed E-state index contributed by atoms with van der Waals surface area (Å²) in [5.41, 5.74) is 3.25. The van der Waals surface area contributed by atoms with Crippen LogP contribution in [0.5, 0.6) is 0 Å². The normalized spacial score (nSPS) is 10.7. The van der Waals surface area contributed by atoms with Gasteiger partial charge in [-0.25, -0.2) is 4.98 Å². The molecule has 4 rings (SSSR count). The van der Waals surface area contributed by atoms with E-state index in [9.17, 15) is 4.79 Å². The van der Waals surface area contributed by atoms with Gasteiger partial charge in [-0.3, -0.25) is 4.79 Å². The number of hydrogen-bond donors (Lipinski definition) is 1. The predicted octanol–water partition coefficient (Wildman–Crippen LogP) is 3.51.